The molecular formula is C21H32IN5O2. The largest absolute Gasteiger partial charge is 0.357 e. The molecule has 1 aliphatic carbocycles. The van der Waals surface area contributed by atoms with Gasteiger partial charge in [-0.15, -0.1) is 24.0 Å². The first-order valence-electron chi connectivity index (χ1n) is 10.4. The maximum absolute atomic E-state index is 12.4. The predicted octanol–water partition coefficient (Wildman–Crippen LogP) is 2.41. The first-order valence-corrected chi connectivity index (χ1v) is 10.4. The van der Waals surface area contributed by atoms with Gasteiger partial charge in [0.15, 0.2) is 5.96 Å². The van der Waals surface area contributed by atoms with Crippen LogP contribution in [-0.2, 0) is 9.59 Å². The van der Waals surface area contributed by atoms with Crippen LogP contribution in [0.5, 0.6) is 0 Å². The van der Waals surface area contributed by atoms with Crippen LogP contribution in [0.2, 0.25) is 0 Å². The predicted molar refractivity (Wildman–Crippen MR) is 127 cm³/mol. The van der Waals surface area contributed by atoms with Crippen molar-refractivity contribution in [2.45, 2.75) is 57.5 Å². The Bertz CT molecular complexity index is 692. The Morgan fingerprint density at radius 3 is 2.52 bits per heavy atom. The summed E-state index contributed by atoms with van der Waals surface area (Å²) in [6, 6.07) is 9.93. The number of benzene rings is 1. The molecule has 1 atom stereocenters. The van der Waals surface area contributed by atoms with Crippen LogP contribution >= 0.6 is 24.0 Å². The van der Waals surface area contributed by atoms with E-state index in [9.17, 15) is 9.59 Å². The molecule has 1 aromatic rings. The topological polar surface area (TPSA) is 85.8 Å². The Hall–Kier alpha value is -1.84. The smallest absolute Gasteiger partial charge is 0.242 e. The number of guanidine groups is 1. The fraction of sp³-hybridized carbons (Fsp3) is 0.571. The number of carbonyl (C=O) groups is 2. The average Bonchev–Trinajstić information content (AvgIpc) is 3.08. The van der Waals surface area contributed by atoms with E-state index in [4.69, 9.17) is 0 Å². The summed E-state index contributed by atoms with van der Waals surface area (Å²) < 4.78 is 0. The van der Waals surface area contributed by atoms with Gasteiger partial charge in [-0.2, -0.15) is 0 Å². The second-order valence-corrected chi connectivity index (χ2v) is 7.48. The van der Waals surface area contributed by atoms with E-state index in [0.717, 1.165) is 18.5 Å². The van der Waals surface area contributed by atoms with Crippen LogP contribution in [0.3, 0.4) is 0 Å². The van der Waals surface area contributed by atoms with Crippen LogP contribution in [0.4, 0.5) is 5.69 Å². The number of nitrogens with zero attached hydrogens (tertiary/aromatic N) is 2. The molecule has 1 saturated heterocycles. The fourth-order valence-corrected chi connectivity index (χ4v) is 3.85. The molecule has 29 heavy (non-hydrogen) atoms. The number of hydrogen-bond donors (Lipinski definition) is 3. The molecule has 1 saturated carbocycles. The zero-order valence-corrected chi connectivity index (χ0v) is 19.4. The van der Waals surface area contributed by atoms with Crippen molar-refractivity contribution in [1.29, 1.82) is 0 Å². The lowest BCUT2D eigenvalue weighted by Gasteiger charge is -2.22. The van der Waals surface area contributed by atoms with Gasteiger partial charge in [0.05, 0.1) is 6.04 Å². The Labute approximate surface area is 190 Å². The molecule has 3 N–H and O–H groups in total. The maximum Gasteiger partial charge on any atom is 0.242 e. The zero-order valence-electron chi connectivity index (χ0n) is 17.0. The number of para-hydroxylation sites is 1. The van der Waals surface area contributed by atoms with Gasteiger partial charge in [-0.3, -0.25) is 9.59 Å². The summed E-state index contributed by atoms with van der Waals surface area (Å²) >= 11 is 0. The van der Waals surface area contributed by atoms with E-state index in [0.29, 0.717) is 31.5 Å². The monoisotopic (exact) mass is 513 g/mol. The highest BCUT2D eigenvalue weighted by Crippen LogP contribution is 2.21. The van der Waals surface area contributed by atoms with E-state index in [2.05, 4.69) is 20.9 Å². The van der Waals surface area contributed by atoms with Crippen molar-refractivity contribution in [2.75, 3.05) is 24.5 Å². The molecule has 0 bridgehead atoms. The normalized spacial score (nSPS) is 20.2. The number of nitrogens with one attached hydrogen (secondary N) is 3. The summed E-state index contributed by atoms with van der Waals surface area (Å²) in [6.45, 7) is 3.35. The van der Waals surface area contributed by atoms with Crippen LogP contribution in [0.25, 0.3) is 0 Å². The molecule has 2 fully saturated rings. The Balaban J connectivity index is 0.00000300. The van der Waals surface area contributed by atoms with Gasteiger partial charge >= 0.3 is 0 Å². The molecule has 0 spiro atoms. The molecule has 7 nitrogen and oxygen atoms in total. The lowest BCUT2D eigenvalue weighted by molar-refractivity contribution is -0.120. The number of rotatable bonds is 6. The van der Waals surface area contributed by atoms with Crippen molar-refractivity contribution in [3.05, 3.63) is 30.3 Å². The van der Waals surface area contributed by atoms with Gasteiger partial charge in [-0.1, -0.05) is 37.5 Å². The minimum atomic E-state index is -0.0440. The van der Waals surface area contributed by atoms with E-state index in [-0.39, 0.29) is 48.4 Å². The third kappa shape index (κ3) is 7.17. The van der Waals surface area contributed by atoms with Crippen LogP contribution in [0.15, 0.2) is 35.3 Å². The van der Waals surface area contributed by atoms with Crippen molar-refractivity contribution in [2.24, 2.45) is 4.99 Å². The van der Waals surface area contributed by atoms with Crippen LogP contribution < -0.4 is 20.9 Å². The van der Waals surface area contributed by atoms with Crippen molar-refractivity contribution in [3.8, 4) is 0 Å². The molecule has 8 heteroatoms. The standard InChI is InChI=1S/C21H31N5O2.HI/c1-2-22-21(23-14-19(27)24-16-9-5-3-6-10-16)25-17-13-20(28)26(15-17)18-11-7-4-8-12-18;/h4,7-8,11-12,16-17H,2-3,5-6,9-10,13-15H2,1H3,(H,24,27)(H2,22,23,25);1H. The number of hydrogen-bond acceptors (Lipinski definition) is 3. The molecule has 1 heterocycles. The molecule has 1 aliphatic heterocycles. The highest BCUT2D eigenvalue weighted by molar-refractivity contribution is 14.0. The summed E-state index contributed by atoms with van der Waals surface area (Å²) in [7, 11) is 0. The number of carbonyl (C=O) groups excluding carboxylic acids is 2. The summed E-state index contributed by atoms with van der Waals surface area (Å²) in [4.78, 5) is 30.8. The SMILES string of the molecule is CCNC(=NCC(=O)NC1CCCCC1)NC1CC(=O)N(c2ccccc2)C1.I. The van der Waals surface area contributed by atoms with Gasteiger partial charge in [0.1, 0.15) is 6.54 Å². The molecule has 0 radical (unpaired) electrons. The maximum atomic E-state index is 12.4. The van der Waals surface area contributed by atoms with Crippen molar-refractivity contribution in [1.82, 2.24) is 16.0 Å². The van der Waals surface area contributed by atoms with Gasteiger partial charge < -0.3 is 20.9 Å². The third-order valence-electron chi connectivity index (χ3n) is 5.23. The Morgan fingerprint density at radius 2 is 1.83 bits per heavy atom. The zero-order chi connectivity index (χ0) is 19.8. The highest BCUT2D eigenvalue weighted by atomic mass is 127. The third-order valence-corrected chi connectivity index (χ3v) is 5.23. The van der Waals surface area contributed by atoms with Crippen LogP contribution in [-0.4, -0.2) is 49.5 Å². The minimum Gasteiger partial charge on any atom is -0.357 e. The summed E-state index contributed by atoms with van der Waals surface area (Å²) in [6.07, 6.45) is 6.17. The average molecular weight is 513 g/mol. The van der Waals surface area contributed by atoms with Crippen LogP contribution in [0, 0.1) is 0 Å². The number of amides is 2. The Kier molecular flexibility index (Phi) is 9.69. The highest BCUT2D eigenvalue weighted by Gasteiger charge is 2.31. The van der Waals surface area contributed by atoms with Crippen LogP contribution in [0.1, 0.15) is 45.4 Å². The molecule has 3 rings (SSSR count). The molecule has 2 amide bonds. The summed E-state index contributed by atoms with van der Waals surface area (Å²) in [5.41, 5.74) is 0.908. The number of halogens is 1. The summed E-state index contributed by atoms with van der Waals surface area (Å²) in [5.74, 6) is 0.626. The number of aliphatic imine (C=N–C) groups is 1. The fourth-order valence-electron chi connectivity index (χ4n) is 3.85. The van der Waals surface area contributed by atoms with Gasteiger partial charge in [-0.05, 0) is 31.9 Å². The second-order valence-electron chi connectivity index (χ2n) is 7.48. The molecule has 1 aromatic carbocycles. The van der Waals surface area contributed by atoms with E-state index < -0.39 is 0 Å². The van der Waals surface area contributed by atoms with E-state index in [1.165, 1.54) is 19.3 Å². The minimum absolute atomic E-state index is 0. The van der Waals surface area contributed by atoms with Crippen molar-refractivity contribution in [3.63, 3.8) is 0 Å². The Morgan fingerprint density at radius 1 is 1.10 bits per heavy atom. The number of anilines is 1. The van der Waals surface area contributed by atoms with Gasteiger partial charge in [0.25, 0.3) is 0 Å². The second kappa shape index (κ2) is 12.0. The summed E-state index contributed by atoms with van der Waals surface area (Å²) in [5, 5.41) is 9.55. The molecule has 2 aliphatic rings. The first kappa shape index (κ1) is 23.4. The van der Waals surface area contributed by atoms with Gasteiger partial charge in [-0.25, -0.2) is 4.99 Å². The molecule has 1 unspecified atom stereocenters. The van der Waals surface area contributed by atoms with E-state index in [1.807, 2.05) is 37.3 Å². The van der Waals surface area contributed by atoms with E-state index in [1.54, 1.807) is 4.90 Å². The lowest BCUT2D eigenvalue weighted by atomic mass is 9.95. The van der Waals surface area contributed by atoms with Crippen molar-refractivity contribution >= 4 is 47.4 Å². The van der Waals surface area contributed by atoms with Gasteiger partial charge in [0.2, 0.25) is 11.8 Å². The first-order chi connectivity index (χ1) is 13.7. The lowest BCUT2D eigenvalue weighted by Crippen LogP contribution is -2.45. The van der Waals surface area contributed by atoms with Gasteiger partial charge in [0, 0.05) is 31.2 Å². The van der Waals surface area contributed by atoms with Crippen molar-refractivity contribution < 1.29 is 9.59 Å². The molecular weight excluding hydrogens is 481 g/mol. The molecule has 0 aromatic heterocycles. The van der Waals surface area contributed by atoms with E-state index >= 15 is 0 Å². The quantitative estimate of drug-likeness (QED) is 0.310. The molecule has 160 valence electrons.